The topological polar surface area (TPSA) is 101 Å². The van der Waals surface area contributed by atoms with E-state index in [9.17, 15) is 14.4 Å². The molecular formula is C30H23Cl4NO8S. The molecule has 9 nitrogen and oxygen atoms in total. The minimum Gasteiger partial charge on any atom is -0.497 e. The first-order valence-corrected chi connectivity index (χ1v) is 15.7. The summed E-state index contributed by atoms with van der Waals surface area (Å²) in [6.45, 7) is 1.31. The lowest BCUT2D eigenvalue weighted by Crippen LogP contribution is -2.67. The van der Waals surface area contributed by atoms with Gasteiger partial charge >= 0.3 is 5.97 Å². The molecule has 6 rings (SSSR count). The second kappa shape index (κ2) is 12.7. The fourth-order valence-electron chi connectivity index (χ4n) is 5.46. The number of esters is 1. The predicted octanol–water partition coefficient (Wildman–Crippen LogP) is 6.84. The van der Waals surface area contributed by atoms with Crippen molar-refractivity contribution in [2.75, 3.05) is 13.7 Å². The summed E-state index contributed by atoms with van der Waals surface area (Å²) in [4.78, 5) is 42.4. The second-order valence-electron chi connectivity index (χ2n) is 10.1. The molecule has 3 aromatic carbocycles. The Kier molecular flexibility index (Phi) is 9.07. The highest BCUT2D eigenvalue weighted by atomic mass is 35.5. The van der Waals surface area contributed by atoms with Gasteiger partial charge in [0.2, 0.25) is 0 Å². The Hall–Kier alpha value is -2.54. The lowest BCUT2D eigenvalue weighted by molar-refractivity contribution is -0.311. The molecule has 3 aromatic rings. The van der Waals surface area contributed by atoms with Gasteiger partial charge in [0.15, 0.2) is 12.4 Å². The van der Waals surface area contributed by atoms with Gasteiger partial charge in [0.1, 0.15) is 29.4 Å². The van der Waals surface area contributed by atoms with Gasteiger partial charge in [0.05, 0.1) is 44.9 Å². The number of carbonyl (C=O) groups excluding carboxylic acids is 3. The van der Waals surface area contributed by atoms with Crippen LogP contribution in [-0.4, -0.2) is 66.2 Å². The van der Waals surface area contributed by atoms with Crippen molar-refractivity contribution in [2.45, 2.75) is 47.9 Å². The Morgan fingerprint density at radius 3 is 2.07 bits per heavy atom. The van der Waals surface area contributed by atoms with E-state index < -0.39 is 53.9 Å². The van der Waals surface area contributed by atoms with Gasteiger partial charge in [-0.05, 0) is 24.3 Å². The summed E-state index contributed by atoms with van der Waals surface area (Å²) in [5.74, 6) is -1.60. The zero-order valence-electron chi connectivity index (χ0n) is 23.0. The minimum absolute atomic E-state index is 0.0721. The Labute approximate surface area is 276 Å². The normalized spacial score (nSPS) is 26.3. The number of ether oxygens (including phenoxy) is 5. The molecular weight excluding hydrogens is 676 g/mol. The van der Waals surface area contributed by atoms with E-state index in [1.807, 2.05) is 30.3 Å². The number of benzene rings is 3. The number of halogens is 4. The van der Waals surface area contributed by atoms with Crippen LogP contribution in [0.2, 0.25) is 20.1 Å². The van der Waals surface area contributed by atoms with Crippen molar-refractivity contribution in [3.8, 4) is 5.75 Å². The Morgan fingerprint density at radius 2 is 1.50 bits per heavy atom. The number of imide groups is 1. The average molecular weight is 699 g/mol. The predicted molar refractivity (Wildman–Crippen MR) is 164 cm³/mol. The largest absolute Gasteiger partial charge is 0.497 e. The Bertz CT molecular complexity index is 1580. The summed E-state index contributed by atoms with van der Waals surface area (Å²) < 4.78 is 30.0. The first kappa shape index (κ1) is 31.4. The summed E-state index contributed by atoms with van der Waals surface area (Å²) in [6.07, 6.45) is -3.72. The van der Waals surface area contributed by atoms with Gasteiger partial charge in [0, 0.05) is 17.4 Å². The zero-order valence-corrected chi connectivity index (χ0v) is 26.8. The van der Waals surface area contributed by atoms with Crippen molar-refractivity contribution in [1.29, 1.82) is 0 Å². The molecule has 3 heterocycles. The van der Waals surface area contributed by atoms with Gasteiger partial charge in [-0.25, -0.2) is 0 Å². The van der Waals surface area contributed by atoms with Crippen molar-refractivity contribution < 1.29 is 38.1 Å². The van der Waals surface area contributed by atoms with Crippen LogP contribution in [0, 0.1) is 0 Å². The number of carbonyl (C=O) groups is 3. The lowest BCUT2D eigenvalue weighted by atomic mass is 9.95. The van der Waals surface area contributed by atoms with Crippen molar-refractivity contribution in [1.82, 2.24) is 4.90 Å². The number of hydrogen-bond acceptors (Lipinski definition) is 9. The first-order chi connectivity index (χ1) is 21.1. The van der Waals surface area contributed by atoms with E-state index in [1.54, 1.807) is 31.4 Å². The molecule has 0 N–H and O–H groups in total. The van der Waals surface area contributed by atoms with Crippen molar-refractivity contribution in [3.05, 3.63) is 91.4 Å². The SMILES string of the molecule is COc1ccc(C2OC[C@H]3O[C@@H](Sc4ccccc4)[C@H](N4C(=O)c5c(Cl)c(Cl)c(Cl)c(Cl)c5C4=O)[C@@H](OC(C)=O)[C@@H]3O2)cc1. The van der Waals surface area contributed by atoms with Crippen LogP contribution in [0.15, 0.2) is 59.5 Å². The molecule has 2 fully saturated rings. The van der Waals surface area contributed by atoms with Gasteiger partial charge in [-0.1, -0.05) is 88.5 Å². The smallest absolute Gasteiger partial charge is 0.303 e. The molecule has 6 atom stereocenters. The lowest BCUT2D eigenvalue weighted by Gasteiger charge is -2.50. The van der Waals surface area contributed by atoms with Crippen LogP contribution >= 0.6 is 58.2 Å². The molecule has 0 saturated carbocycles. The number of amides is 2. The van der Waals surface area contributed by atoms with E-state index in [1.165, 1.54) is 18.7 Å². The summed E-state index contributed by atoms with van der Waals surface area (Å²) in [5.41, 5.74) is -0.662. The summed E-state index contributed by atoms with van der Waals surface area (Å²) >= 11 is 26.6. The molecule has 14 heteroatoms. The van der Waals surface area contributed by atoms with Crippen LogP contribution < -0.4 is 4.74 Å². The molecule has 0 bridgehead atoms. The number of nitrogens with zero attached hydrogens (tertiary/aromatic N) is 1. The van der Waals surface area contributed by atoms with Gasteiger partial charge in [0.25, 0.3) is 11.8 Å². The minimum atomic E-state index is -1.20. The molecule has 1 unspecified atom stereocenters. The van der Waals surface area contributed by atoms with E-state index in [0.717, 1.165) is 9.80 Å². The number of methoxy groups -OCH3 is 1. The van der Waals surface area contributed by atoms with E-state index >= 15 is 0 Å². The first-order valence-electron chi connectivity index (χ1n) is 13.3. The fourth-order valence-corrected chi connectivity index (χ4v) is 7.67. The number of fused-ring (bicyclic) bond motifs is 2. The molecule has 0 radical (unpaired) electrons. The number of hydrogen-bond donors (Lipinski definition) is 0. The molecule has 44 heavy (non-hydrogen) atoms. The van der Waals surface area contributed by atoms with Gasteiger partial charge in [-0.3, -0.25) is 19.3 Å². The molecule has 0 aliphatic carbocycles. The van der Waals surface area contributed by atoms with Gasteiger partial charge in [-0.2, -0.15) is 0 Å². The molecule has 2 amide bonds. The Morgan fingerprint density at radius 1 is 0.886 bits per heavy atom. The zero-order chi connectivity index (χ0) is 31.3. The van der Waals surface area contributed by atoms with Crippen molar-refractivity contribution in [2.24, 2.45) is 0 Å². The molecule has 0 aromatic heterocycles. The average Bonchev–Trinajstić information content (AvgIpc) is 3.28. The third kappa shape index (κ3) is 5.56. The Balaban J connectivity index is 1.43. The van der Waals surface area contributed by atoms with Crippen LogP contribution in [-0.2, 0) is 23.7 Å². The van der Waals surface area contributed by atoms with Crippen LogP contribution in [0.25, 0.3) is 0 Å². The van der Waals surface area contributed by atoms with Crippen LogP contribution in [0.4, 0.5) is 0 Å². The highest BCUT2D eigenvalue weighted by Gasteiger charge is 2.58. The number of thioether (sulfide) groups is 1. The van der Waals surface area contributed by atoms with Crippen molar-refractivity contribution in [3.63, 3.8) is 0 Å². The molecule has 0 spiro atoms. The van der Waals surface area contributed by atoms with Crippen molar-refractivity contribution >= 4 is 75.9 Å². The molecule has 3 aliphatic heterocycles. The number of rotatable bonds is 6. The quantitative estimate of drug-likeness (QED) is 0.119. The second-order valence-corrected chi connectivity index (χ2v) is 12.7. The molecule has 3 aliphatic rings. The van der Waals surface area contributed by atoms with E-state index in [2.05, 4.69) is 0 Å². The third-order valence-corrected chi connectivity index (χ3v) is 10.4. The van der Waals surface area contributed by atoms with Crippen LogP contribution in [0.1, 0.15) is 39.5 Å². The van der Waals surface area contributed by atoms with E-state index in [0.29, 0.717) is 11.3 Å². The van der Waals surface area contributed by atoms with E-state index in [-0.39, 0.29) is 37.8 Å². The van der Waals surface area contributed by atoms with Crippen LogP contribution in [0.3, 0.4) is 0 Å². The van der Waals surface area contributed by atoms with Gasteiger partial charge in [-0.15, -0.1) is 0 Å². The van der Waals surface area contributed by atoms with Gasteiger partial charge < -0.3 is 23.7 Å². The summed E-state index contributed by atoms with van der Waals surface area (Å²) in [5, 5.41) is -0.766. The highest BCUT2D eigenvalue weighted by Crippen LogP contribution is 2.48. The molecule has 230 valence electrons. The summed E-state index contributed by atoms with van der Waals surface area (Å²) in [7, 11) is 1.56. The maximum absolute atomic E-state index is 14.1. The standard InChI is InChI=1S/C30H23Cl4NO8S/c1-13(36)41-26-24(35-27(37)18-19(28(35)38)21(32)23(34)22(33)20(18)31)30(44-16-6-4-3-5-7-16)42-17-12-40-29(43-25(17)26)14-8-10-15(39-2)11-9-14/h3-11,17,24-26,29-30H,12H2,1-2H3/t17-,24-,25-,26-,29?,30+/m1/s1. The van der Waals surface area contributed by atoms with E-state index in [4.69, 9.17) is 70.1 Å². The molecule has 2 saturated heterocycles. The maximum Gasteiger partial charge on any atom is 0.303 e. The van der Waals surface area contributed by atoms with Crippen LogP contribution in [0.5, 0.6) is 5.75 Å². The monoisotopic (exact) mass is 697 g/mol. The summed E-state index contributed by atoms with van der Waals surface area (Å²) in [6, 6.07) is 15.1. The fraction of sp³-hybridized carbons (Fsp3) is 0.300. The highest BCUT2D eigenvalue weighted by molar-refractivity contribution is 7.99. The third-order valence-electron chi connectivity index (χ3n) is 7.42. The maximum atomic E-state index is 14.1.